The summed E-state index contributed by atoms with van der Waals surface area (Å²) >= 11 is 3.50. The molecule has 0 radical (unpaired) electrons. The number of piperidine rings is 1. The molecule has 1 aromatic carbocycles. The summed E-state index contributed by atoms with van der Waals surface area (Å²) in [6.07, 6.45) is 3.42. The number of rotatable bonds is 1. The zero-order valence-electron chi connectivity index (χ0n) is 9.74. The lowest BCUT2D eigenvalue weighted by Gasteiger charge is -2.26. The molecule has 0 saturated carbocycles. The zero-order valence-corrected chi connectivity index (χ0v) is 11.3. The van der Waals surface area contributed by atoms with E-state index in [1.165, 1.54) is 12.8 Å². The van der Waals surface area contributed by atoms with Gasteiger partial charge in [-0.25, -0.2) is 4.39 Å². The minimum Gasteiger partial charge on any atom is -0.310 e. The highest BCUT2D eigenvalue weighted by molar-refractivity contribution is 9.10. The van der Waals surface area contributed by atoms with Crippen molar-refractivity contribution < 1.29 is 4.39 Å². The van der Waals surface area contributed by atoms with Gasteiger partial charge in [0.25, 0.3) is 0 Å². The van der Waals surface area contributed by atoms with Crippen LogP contribution >= 0.6 is 15.9 Å². The van der Waals surface area contributed by atoms with E-state index in [4.69, 9.17) is 0 Å². The van der Waals surface area contributed by atoms with Gasteiger partial charge in [0.15, 0.2) is 0 Å². The van der Waals surface area contributed by atoms with Crippen LogP contribution in [0.5, 0.6) is 0 Å². The lowest BCUT2D eigenvalue weighted by atomic mass is 9.92. The van der Waals surface area contributed by atoms with Crippen LogP contribution in [0.2, 0.25) is 0 Å². The standard InChI is InChI=1S/C13H17BrFN/c1-8-7-10(14)9(2)12(13(8)15)11-5-3-4-6-16-11/h7,11,16H,3-6H2,1-2H3. The summed E-state index contributed by atoms with van der Waals surface area (Å²) in [6.45, 7) is 4.80. The third kappa shape index (κ3) is 2.16. The fraction of sp³-hybridized carbons (Fsp3) is 0.538. The molecule has 1 nitrogen and oxygen atoms in total. The quantitative estimate of drug-likeness (QED) is 0.822. The van der Waals surface area contributed by atoms with Crippen LogP contribution in [0, 0.1) is 19.7 Å². The molecule has 1 N–H and O–H groups in total. The van der Waals surface area contributed by atoms with Gasteiger partial charge in [-0.3, -0.25) is 0 Å². The predicted octanol–water partition coefficient (Wildman–Crippen LogP) is 4.02. The summed E-state index contributed by atoms with van der Waals surface area (Å²) in [5.41, 5.74) is 2.61. The number of halogens is 2. The van der Waals surface area contributed by atoms with E-state index in [0.717, 1.165) is 34.1 Å². The Labute approximate surface area is 105 Å². The van der Waals surface area contributed by atoms with Crippen LogP contribution in [0.3, 0.4) is 0 Å². The van der Waals surface area contributed by atoms with Gasteiger partial charge in [0.2, 0.25) is 0 Å². The lowest BCUT2D eigenvalue weighted by Crippen LogP contribution is -2.28. The molecule has 0 aliphatic carbocycles. The van der Waals surface area contributed by atoms with Gasteiger partial charge in [0.1, 0.15) is 5.82 Å². The summed E-state index contributed by atoms with van der Waals surface area (Å²) in [4.78, 5) is 0. The number of hydrogen-bond donors (Lipinski definition) is 1. The first kappa shape index (κ1) is 12.1. The Balaban J connectivity index is 2.45. The summed E-state index contributed by atoms with van der Waals surface area (Å²) in [5.74, 6) is -0.0416. The third-order valence-electron chi connectivity index (χ3n) is 3.35. The molecule has 0 amide bonds. The van der Waals surface area contributed by atoms with Crippen LogP contribution in [0.15, 0.2) is 10.5 Å². The summed E-state index contributed by atoms with van der Waals surface area (Å²) in [7, 11) is 0. The van der Waals surface area contributed by atoms with E-state index in [0.29, 0.717) is 0 Å². The molecule has 16 heavy (non-hydrogen) atoms. The van der Waals surface area contributed by atoms with E-state index in [1.54, 1.807) is 0 Å². The fourth-order valence-corrected chi connectivity index (χ4v) is 2.94. The van der Waals surface area contributed by atoms with Crippen molar-refractivity contribution >= 4 is 15.9 Å². The molecule has 88 valence electrons. The molecule has 1 unspecified atom stereocenters. The first-order valence-electron chi connectivity index (χ1n) is 5.79. The number of aryl methyl sites for hydroxylation is 1. The molecule has 1 atom stereocenters. The average molecular weight is 286 g/mol. The molecule has 1 aromatic rings. The van der Waals surface area contributed by atoms with Gasteiger partial charge in [-0.05, 0) is 50.4 Å². The first-order valence-corrected chi connectivity index (χ1v) is 6.59. The van der Waals surface area contributed by atoms with Gasteiger partial charge in [-0.2, -0.15) is 0 Å². The molecular weight excluding hydrogens is 269 g/mol. The highest BCUT2D eigenvalue weighted by atomic mass is 79.9. The summed E-state index contributed by atoms with van der Waals surface area (Å²) in [6, 6.07) is 2.04. The van der Waals surface area contributed by atoms with E-state index in [-0.39, 0.29) is 11.9 Å². The predicted molar refractivity (Wildman–Crippen MR) is 68.2 cm³/mol. The number of nitrogens with one attached hydrogen (secondary N) is 1. The van der Waals surface area contributed by atoms with Crippen molar-refractivity contribution in [2.24, 2.45) is 0 Å². The number of hydrogen-bond acceptors (Lipinski definition) is 1. The molecule has 1 fully saturated rings. The molecule has 0 aromatic heterocycles. The molecule has 1 aliphatic heterocycles. The topological polar surface area (TPSA) is 12.0 Å². The molecule has 3 heteroatoms. The summed E-state index contributed by atoms with van der Waals surface area (Å²) < 4.78 is 15.2. The van der Waals surface area contributed by atoms with Crippen LogP contribution in [0.1, 0.15) is 42.0 Å². The highest BCUT2D eigenvalue weighted by Gasteiger charge is 2.22. The highest BCUT2D eigenvalue weighted by Crippen LogP contribution is 2.33. The second-order valence-corrected chi connectivity index (χ2v) is 5.38. The smallest absolute Gasteiger partial charge is 0.131 e. The van der Waals surface area contributed by atoms with Gasteiger partial charge in [-0.1, -0.05) is 22.4 Å². The maximum atomic E-state index is 14.2. The minimum atomic E-state index is -0.0416. The van der Waals surface area contributed by atoms with Crippen LogP contribution in [-0.4, -0.2) is 6.54 Å². The summed E-state index contributed by atoms with van der Waals surface area (Å²) in [5, 5.41) is 3.41. The van der Waals surface area contributed by atoms with Crippen molar-refractivity contribution in [2.75, 3.05) is 6.54 Å². The van der Waals surface area contributed by atoms with E-state index in [9.17, 15) is 4.39 Å². The Morgan fingerprint density at radius 3 is 2.75 bits per heavy atom. The van der Waals surface area contributed by atoms with Crippen molar-refractivity contribution in [3.05, 3.63) is 33.0 Å². The van der Waals surface area contributed by atoms with Crippen LogP contribution in [-0.2, 0) is 0 Å². The zero-order chi connectivity index (χ0) is 11.7. The Bertz CT molecular complexity index is 371. The fourth-order valence-electron chi connectivity index (χ4n) is 2.38. The van der Waals surface area contributed by atoms with Gasteiger partial charge in [-0.15, -0.1) is 0 Å². The first-order chi connectivity index (χ1) is 7.61. The minimum absolute atomic E-state index is 0.0416. The van der Waals surface area contributed by atoms with Gasteiger partial charge in [0.05, 0.1) is 0 Å². The molecule has 2 rings (SSSR count). The van der Waals surface area contributed by atoms with Crippen molar-refractivity contribution in [2.45, 2.75) is 39.2 Å². The molecule has 1 heterocycles. The van der Waals surface area contributed by atoms with Crippen molar-refractivity contribution in [1.82, 2.24) is 5.32 Å². The second kappa shape index (κ2) is 4.84. The van der Waals surface area contributed by atoms with E-state index in [1.807, 2.05) is 19.9 Å². The van der Waals surface area contributed by atoms with E-state index >= 15 is 0 Å². The van der Waals surface area contributed by atoms with E-state index in [2.05, 4.69) is 21.2 Å². The molecule has 1 saturated heterocycles. The average Bonchev–Trinajstić information content (AvgIpc) is 2.28. The van der Waals surface area contributed by atoms with E-state index < -0.39 is 0 Å². The molecule has 1 aliphatic rings. The van der Waals surface area contributed by atoms with Crippen molar-refractivity contribution in [1.29, 1.82) is 0 Å². The third-order valence-corrected chi connectivity index (χ3v) is 4.17. The van der Waals surface area contributed by atoms with Crippen LogP contribution in [0.25, 0.3) is 0 Å². The second-order valence-electron chi connectivity index (χ2n) is 4.53. The lowest BCUT2D eigenvalue weighted by molar-refractivity contribution is 0.397. The monoisotopic (exact) mass is 285 g/mol. The largest absolute Gasteiger partial charge is 0.310 e. The van der Waals surface area contributed by atoms with Gasteiger partial charge < -0.3 is 5.32 Å². The number of benzene rings is 1. The maximum absolute atomic E-state index is 14.2. The normalized spacial score (nSPS) is 21.1. The maximum Gasteiger partial charge on any atom is 0.131 e. The van der Waals surface area contributed by atoms with Gasteiger partial charge in [0, 0.05) is 16.1 Å². The van der Waals surface area contributed by atoms with Crippen molar-refractivity contribution in [3.63, 3.8) is 0 Å². The van der Waals surface area contributed by atoms with Gasteiger partial charge >= 0.3 is 0 Å². The Morgan fingerprint density at radius 1 is 1.38 bits per heavy atom. The Hall–Kier alpha value is -0.410. The molecule has 0 bridgehead atoms. The Kier molecular flexibility index (Phi) is 3.65. The van der Waals surface area contributed by atoms with Crippen LogP contribution < -0.4 is 5.32 Å². The molecular formula is C13H17BrFN. The Morgan fingerprint density at radius 2 is 2.12 bits per heavy atom. The molecule has 0 spiro atoms. The van der Waals surface area contributed by atoms with Crippen LogP contribution in [0.4, 0.5) is 4.39 Å². The SMILES string of the molecule is Cc1cc(Br)c(C)c(C2CCCCN2)c1F. The van der Waals surface area contributed by atoms with Crippen molar-refractivity contribution in [3.8, 4) is 0 Å².